The van der Waals surface area contributed by atoms with Crippen molar-refractivity contribution in [3.63, 3.8) is 0 Å². The van der Waals surface area contributed by atoms with Gasteiger partial charge in [0.25, 0.3) is 0 Å². The van der Waals surface area contributed by atoms with Crippen LogP contribution in [-0.2, 0) is 9.63 Å². The first kappa shape index (κ1) is 15.7. The summed E-state index contributed by atoms with van der Waals surface area (Å²) in [6, 6.07) is 17.7. The van der Waals surface area contributed by atoms with Crippen molar-refractivity contribution in [3.05, 3.63) is 83.4 Å². The molecular formula is C20H18N2O2. The molecule has 0 fully saturated rings. The van der Waals surface area contributed by atoms with Crippen molar-refractivity contribution < 1.29 is 9.63 Å². The number of carbonyl (C=O) groups excluding carboxylic acids is 1. The van der Waals surface area contributed by atoms with Crippen LogP contribution in [-0.4, -0.2) is 25.8 Å². The largest absolute Gasteiger partial charge is 0.378 e. The van der Waals surface area contributed by atoms with Crippen LogP contribution in [0.25, 0.3) is 6.08 Å². The van der Waals surface area contributed by atoms with Crippen LogP contribution >= 0.6 is 0 Å². The maximum atomic E-state index is 11.9. The fraction of sp³-hybridized carbons (Fsp3) is 0.100. The molecule has 0 saturated heterocycles. The summed E-state index contributed by atoms with van der Waals surface area (Å²) < 4.78 is 0. The van der Waals surface area contributed by atoms with E-state index in [0.29, 0.717) is 11.3 Å². The molecule has 0 atom stereocenters. The van der Waals surface area contributed by atoms with E-state index in [0.717, 1.165) is 16.8 Å². The Kier molecular flexibility index (Phi) is 4.57. The maximum Gasteiger partial charge on any atom is 0.368 e. The number of benzene rings is 2. The first-order valence-corrected chi connectivity index (χ1v) is 7.66. The van der Waals surface area contributed by atoms with Crippen LogP contribution in [0.3, 0.4) is 0 Å². The lowest BCUT2D eigenvalue weighted by Gasteiger charge is -2.11. The molecule has 0 unspecified atom stereocenters. The first-order chi connectivity index (χ1) is 11.6. The van der Waals surface area contributed by atoms with Crippen LogP contribution in [0.5, 0.6) is 0 Å². The highest BCUT2D eigenvalue weighted by Crippen LogP contribution is 2.18. The first-order valence-electron chi connectivity index (χ1n) is 7.66. The maximum absolute atomic E-state index is 11.9. The Bertz CT molecular complexity index is 816. The Morgan fingerprint density at radius 2 is 1.71 bits per heavy atom. The van der Waals surface area contributed by atoms with Crippen molar-refractivity contribution >= 4 is 23.4 Å². The molecule has 2 aromatic carbocycles. The zero-order valence-corrected chi connectivity index (χ0v) is 13.6. The zero-order chi connectivity index (χ0) is 16.9. The van der Waals surface area contributed by atoms with E-state index in [1.165, 1.54) is 0 Å². The van der Waals surface area contributed by atoms with Crippen LogP contribution in [0.2, 0.25) is 0 Å². The van der Waals surface area contributed by atoms with Crippen molar-refractivity contribution in [2.75, 3.05) is 19.0 Å². The number of anilines is 1. The van der Waals surface area contributed by atoms with Crippen LogP contribution in [0.15, 0.2) is 77.5 Å². The molecule has 0 aliphatic carbocycles. The molecular weight excluding hydrogens is 300 g/mol. The van der Waals surface area contributed by atoms with E-state index in [1.54, 1.807) is 6.08 Å². The summed E-state index contributed by atoms with van der Waals surface area (Å²) in [6.45, 7) is 0. The lowest BCUT2D eigenvalue weighted by Crippen LogP contribution is -2.07. The summed E-state index contributed by atoms with van der Waals surface area (Å²) in [5.41, 5.74) is 4.08. The van der Waals surface area contributed by atoms with Crippen molar-refractivity contribution in [2.45, 2.75) is 0 Å². The molecule has 2 aromatic rings. The van der Waals surface area contributed by atoms with Gasteiger partial charge in [-0.3, -0.25) is 0 Å². The number of nitrogens with zero attached hydrogens (tertiary/aromatic N) is 2. The topological polar surface area (TPSA) is 41.9 Å². The Balaban J connectivity index is 1.79. The highest BCUT2D eigenvalue weighted by molar-refractivity contribution is 6.29. The third kappa shape index (κ3) is 3.43. The van der Waals surface area contributed by atoms with Crippen molar-refractivity contribution in [1.29, 1.82) is 0 Å². The highest BCUT2D eigenvalue weighted by atomic mass is 16.7. The third-order valence-electron chi connectivity index (χ3n) is 3.70. The van der Waals surface area contributed by atoms with Gasteiger partial charge < -0.3 is 9.74 Å². The van der Waals surface area contributed by atoms with E-state index in [-0.39, 0.29) is 0 Å². The number of rotatable bonds is 4. The van der Waals surface area contributed by atoms with Gasteiger partial charge in [-0.1, -0.05) is 59.8 Å². The Labute approximate surface area is 141 Å². The van der Waals surface area contributed by atoms with E-state index in [2.05, 4.69) is 5.16 Å². The van der Waals surface area contributed by atoms with E-state index in [1.807, 2.05) is 85.7 Å². The average Bonchev–Trinajstić information content (AvgIpc) is 2.97. The van der Waals surface area contributed by atoms with E-state index in [9.17, 15) is 4.79 Å². The second-order valence-corrected chi connectivity index (χ2v) is 5.61. The van der Waals surface area contributed by atoms with E-state index in [4.69, 9.17) is 4.84 Å². The van der Waals surface area contributed by atoms with Gasteiger partial charge in [0.05, 0.1) is 5.57 Å². The van der Waals surface area contributed by atoms with Crippen LogP contribution < -0.4 is 4.90 Å². The summed E-state index contributed by atoms with van der Waals surface area (Å²) in [5.74, 6) is -0.429. The van der Waals surface area contributed by atoms with Gasteiger partial charge in [0.2, 0.25) is 0 Å². The molecule has 120 valence electrons. The summed E-state index contributed by atoms with van der Waals surface area (Å²) in [6.07, 6.45) is 5.52. The SMILES string of the molecule is CN(C)c1ccc(/C=C/C=C2\C(=O)ON=C2c2ccccc2)cc1. The molecule has 0 radical (unpaired) electrons. The van der Waals surface area contributed by atoms with Crippen molar-refractivity contribution in [1.82, 2.24) is 0 Å². The van der Waals surface area contributed by atoms with Gasteiger partial charge in [-0.15, -0.1) is 0 Å². The van der Waals surface area contributed by atoms with Gasteiger partial charge in [-0.25, -0.2) is 4.79 Å². The molecule has 1 heterocycles. The Morgan fingerprint density at radius 1 is 1.00 bits per heavy atom. The number of carbonyl (C=O) groups is 1. The number of allylic oxidation sites excluding steroid dienone is 2. The predicted octanol–water partition coefficient (Wildman–Crippen LogP) is 3.65. The van der Waals surface area contributed by atoms with Gasteiger partial charge in [-0.05, 0) is 23.8 Å². The van der Waals surface area contributed by atoms with Crippen molar-refractivity contribution in [3.8, 4) is 0 Å². The smallest absolute Gasteiger partial charge is 0.368 e. The monoisotopic (exact) mass is 318 g/mol. The summed E-state index contributed by atoms with van der Waals surface area (Å²) in [4.78, 5) is 18.7. The fourth-order valence-corrected chi connectivity index (χ4v) is 2.37. The summed E-state index contributed by atoms with van der Waals surface area (Å²) >= 11 is 0. The van der Waals surface area contributed by atoms with Crippen molar-refractivity contribution in [2.24, 2.45) is 5.16 Å². The van der Waals surface area contributed by atoms with E-state index >= 15 is 0 Å². The van der Waals surface area contributed by atoms with Gasteiger partial charge >= 0.3 is 5.97 Å². The van der Waals surface area contributed by atoms with Gasteiger partial charge in [0, 0.05) is 25.3 Å². The quantitative estimate of drug-likeness (QED) is 0.638. The molecule has 1 aliphatic rings. The molecule has 0 aromatic heterocycles. The van der Waals surface area contributed by atoms with E-state index < -0.39 is 5.97 Å². The van der Waals surface area contributed by atoms with Crippen LogP contribution in [0.4, 0.5) is 5.69 Å². The highest BCUT2D eigenvalue weighted by Gasteiger charge is 2.25. The molecule has 1 aliphatic heterocycles. The molecule has 3 rings (SSSR count). The molecule has 0 bridgehead atoms. The molecule has 4 heteroatoms. The minimum Gasteiger partial charge on any atom is -0.378 e. The normalized spacial score (nSPS) is 15.7. The molecule has 0 N–H and O–H groups in total. The third-order valence-corrected chi connectivity index (χ3v) is 3.70. The summed E-state index contributed by atoms with van der Waals surface area (Å²) in [5, 5.41) is 3.88. The molecule has 0 spiro atoms. The van der Waals surface area contributed by atoms with Crippen LogP contribution in [0, 0.1) is 0 Å². The average molecular weight is 318 g/mol. The Hall–Kier alpha value is -3.14. The number of oxime groups is 1. The van der Waals surface area contributed by atoms with Gasteiger partial charge in [0.15, 0.2) is 0 Å². The lowest BCUT2D eigenvalue weighted by molar-refractivity contribution is -0.136. The molecule has 0 amide bonds. The lowest BCUT2D eigenvalue weighted by atomic mass is 10.0. The van der Waals surface area contributed by atoms with Crippen LogP contribution in [0.1, 0.15) is 11.1 Å². The zero-order valence-electron chi connectivity index (χ0n) is 13.6. The minimum atomic E-state index is -0.429. The fourth-order valence-electron chi connectivity index (χ4n) is 2.37. The Morgan fingerprint density at radius 3 is 2.38 bits per heavy atom. The second kappa shape index (κ2) is 6.96. The number of hydrogen-bond donors (Lipinski definition) is 0. The minimum absolute atomic E-state index is 0.429. The van der Waals surface area contributed by atoms with Gasteiger partial charge in [0.1, 0.15) is 5.71 Å². The summed E-state index contributed by atoms with van der Waals surface area (Å²) in [7, 11) is 4.01. The second-order valence-electron chi connectivity index (χ2n) is 5.61. The molecule has 24 heavy (non-hydrogen) atoms. The molecule has 0 saturated carbocycles. The number of hydrogen-bond acceptors (Lipinski definition) is 4. The predicted molar refractivity (Wildman–Crippen MR) is 97.0 cm³/mol. The standard InChI is InChI=1S/C20H18N2O2/c1-22(2)17-13-11-15(12-14-17)7-6-10-18-19(21-24-20(18)23)16-8-4-3-5-9-16/h3-14H,1-2H3/b7-6+,18-10-. The molecule has 4 nitrogen and oxygen atoms in total. The van der Waals surface area contributed by atoms with Gasteiger partial charge in [-0.2, -0.15) is 0 Å².